The van der Waals surface area contributed by atoms with Crippen LogP contribution in [0.25, 0.3) is 5.70 Å². The Bertz CT molecular complexity index is 1450. The van der Waals surface area contributed by atoms with Crippen LogP contribution in [-0.2, 0) is 13.1 Å². The van der Waals surface area contributed by atoms with Gasteiger partial charge in [0.25, 0.3) is 0 Å². The molecule has 3 aromatic carbocycles. The number of rotatable bonds is 10. The summed E-state index contributed by atoms with van der Waals surface area (Å²) in [5.41, 5.74) is 8.69. The number of allylic oxidation sites excluding steroid dienone is 2. The first-order valence-corrected chi connectivity index (χ1v) is 15.3. The summed E-state index contributed by atoms with van der Waals surface area (Å²) in [5, 5.41) is 9.49. The lowest BCUT2D eigenvalue weighted by Gasteiger charge is -2.35. The first-order chi connectivity index (χ1) is 20.4. The molecule has 2 aliphatic rings. The van der Waals surface area contributed by atoms with Gasteiger partial charge >= 0.3 is 0 Å². The highest BCUT2D eigenvalue weighted by Gasteiger charge is 2.27. The molecular weight excluding hydrogens is 538 g/mol. The molecule has 0 aromatic heterocycles. The van der Waals surface area contributed by atoms with E-state index in [-0.39, 0.29) is 6.17 Å². The predicted molar refractivity (Wildman–Crippen MR) is 177 cm³/mol. The number of hydrazine groups is 1. The summed E-state index contributed by atoms with van der Waals surface area (Å²) in [6.07, 6.45) is 8.99. The fourth-order valence-corrected chi connectivity index (χ4v) is 6.04. The second-order valence-corrected chi connectivity index (χ2v) is 11.8. The lowest BCUT2D eigenvalue weighted by atomic mass is 9.84. The van der Waals surface area contributed by atoms with E-state index >= 15 is 0 Å². The van der Waals surface area contributed by atoms with Crippen LogP contribution < -0.4 is 16.5 Å². The van der Waals surface area contributed by atoms with Crippen molar-refractivity contribution in [1.29, 1.82) is 0 Å². The maximum Gasteiger partial charge on any atom is 0.147 e. The lowest BCUT2D eigenvalue weighted by molar-refractivity contribution is 0.209. The number of hydrogen-bond donors (Lipinski definition) is 3. The van der Waals surface area contributed by atoms with Gasteiger partial charge in [-0.1, -0.05) is 117 Å². The zero-order chi connectivity index (χ0) is 29.5. The molecular formula is C36H42ClN5. The Kier molecular flexibility index (Phi) is 9.96. The Morgan fingerprint density at radius 2 is 1.64 bits per heavy atom. The summed E-state index contributed by atoms with van der Waals surface area (Å²) in [4.78, 5) is 4.85. The van der Waals surface area contributed by atoms with Crippen LogP contribution in [0, 0.1) is 0 Å². The van der Waals surface area contributed by atoms with Gasteiger partial charge < -0.3 is 5.32 Å². The number of nitrogens with zero attached hydrogens (tertiary/aromatic N) is 2. The summed E-state index contributed by atoms with van der Waals surface area (Å²) >= 11 is 6.51. The van der Waals surface area contributed by atoms with Crippen LogP contribution in [0.1, 0.15) is 79.2 Å². The zero-order valence-corrected chi connectivity index (χ0v) is 25.3. The van der Waals surface area contributed by atoms with Gasteiger partial charge in [-0.25, -0.2) is 10.8 Å². The largest absolute Gasteiger partial charge is 0.381 e. The highest BCUT2D eigenvalue weighted by Crippen LogP contribution is 2.33. The van der Waals surface area contributed by atoms with Gasteiger partial charge in [0, 0.05) is 35.8 Å². The lowest BCUT2D eigenvalue weighted by Crippen LogP contribution is -2.52. The van der Waals surface area contributed by atoms with Gasteiger partial charge in [0.1, 0.15) is 12.0 Å². The molecule has 1 aliphatic heterocycles. The van der Waals surface area contributed by atoms with Crippen LogP contribution in [0.5, 0.6) is 0 Å². The molecule has 1 aliphatic carbocycles. The van der Waals surface area contributed by atoms with E-state index in [1.807, 2.05) is 31.2 Å². The molecule has 1 saturated carbocycles. The first kappa shape index (κ1) is 29.8. The van der Waals surface area contributed by atoms with E-state index in [0.717, 1.165) is 40.6 Å². The molecule has 42 heavy (non-hydrogen) atoms. The van der Waals surface area contributed by atoms with E-state index in [2.05, 4.69) is 72.3 Å². The van der Waals surface area contributed by atoms with Gasteiger partial charge in [-0.05, 0) is 59.6 Å². The van der Waals surface area contributed by atoms with Crippen LogP contribution in [0.3, 0.4) is 0 Å². The van der Waals surface area contributed by atoms with Crippen molar-refractivity contribution in [3.8, 4) is 0 Å². The van der Waals surface area contributed by atoms with Crippen LogP contribution in [0.2, 0.25) is 5.02 Å². The van der Waals surface area contributed by atoms with Crippen molar-refractivity contribution in [2.24, 2.45) is 10.8 Å². The Morgan fingerprint density at radius 3 is 2.31 bits per heavy atom. The van der Waals surface area contributed by atoms with Gasteiger partial charge in [-0.15, -0.1) is 0 Å². The fraction of sp³-hybridized carbons (Fsp3) is 0.306. The van der Waals surface area contributed by atoms with E-state index in [9.17, 15) is 0 Å². The average molecular weight is 580 g/mol. The summed E-state index contributed by atoms with van der Waals surface area (Å²) in [6.45, 7) is 11.5. The minimum Gasteiger partial charge on any atom is -0.381 e. The SMILES string of the molecule is C=C/C(C)=C1/N=C(c2ccccc2Cl)CC(NCc2ccc(CNC(=C)c3ccc(C4CCCCC4)cc3)cc2)N1N. The quantitative estimate of drug-likeness (QED) is 0.213. The second-order valence-electron chi connectivity index (χ2n) is 11.4. The average Bonchev–Trinajstić information content (AvgIpc) is 3.04. The number of benzene rings is 3. The monoisotopic (exact) mass is 579 g/mol. The van der Waals surface area contributed by atoms with Crippen molar-refractivity contribution >= 4 is 23.0 Å². The van der Waals surface area contributed by atoms with E-state index < -0.39 is 0 Å². The number of aliphatic imine (C=N–C) groups is 1. The summed E-state index contributed by atoms with van der Waals surface area (Å²) in [6, 6.07) is 25.4. The van der Waals surface area contributed by atoms with E-state index in [1.165, 1.54) is 48.8 Å². The third kappa shape index (κ3) is 7.22. The molecule has 1 unspecified atom stereocenters. The van der Waals surface area contributed by atoms with E-state index in [1.54, 1.807) is 11.1 Å². The van der Waals surface area contributed by atoms with E-state index in [4.69, 9.17) is 22.4 Å². The Labute approximate surface area is 255 Å². The number of nitrogens with one attached hydrogen (secondary N) is 2. The van der Waals surface area contributed by atoms with Crippen molar-refractivity contribution in [3.63, 3.8) is 0 Å². The molecule has 0 spiro atoms. The van der Waals surface area contributed by atoms with Gasteiger partial charge in [-0.2, -0.15) is 0 Å². The van der Waals surface area contributed by atoms with Gasteiger partial charge in [0.05, 0.1) is 5.71 Å². The van der Waals surface area contributed by atoms with Crippen LogP contribution in [-0.4, -0.2) is 16.9 Å². The standard InChI is InChI=1S/C36H42ClN5/c1-4-25(2)36-41-34(32-12-8-9-13-33(32)37)22-35(42(36)38)40-24-28-16-14-27(15-17-28)23-39-26(3)29-18-20-31(21-19-29)30-10-6-5-7-11-30/h4,8-9,12-21,30,35,39-40H,1,3,5-7,10-11,22-24,38H2,2H3/b36-25-. The van der Waals surface area contributed by atoms with E-state index in [0.29, 0.717) is 23.8 Å². The Morgan fingerprint density at radius 1 is 0.976 bits per heavy atom. The molecule has 0 radical (unpaired) electrons. The molecule has 1 atom stereocenters. The molecule has 4 N–H and O–H groups in total. The van der Waals surface area contributed by atoms with Crippen molar-refractivity contribution < 1.29 is 0 Å². The van der Waals surface area contributed by atoms with Gasteiger partial charge in [-0.3, -0.25) is 10.3 Å². The molecule has 1 fully saturated rings. The maximum atomic E-state index is 6.54. The molecule has 6 heteroatoms. The molecule has 0 amide bonds. The third-order valence-electron chi connectivity index (χ3n) is 8.46. The normalized spacial score (nSPS) is 18.8. The van der Waals surface area contributed by atoms with Crippen molar-refractivity contribution in [2.75, 3.05) is 0 Å². The third-order valence-corrected chi connectivity index (χ3v) is 8.79. The second kappa shape index (κ2) is 14.0. The molecule has 218 valence electrons. The maximum absolute atomic E-state index is 6.54. The fourth-order valence-electron chi connectivity index (χ4n) is 5.79. The van der Waals surface area contributed by atoms with Crippen LogP contribution >= 0.6 is 11.6 Å². The number of nitrogens with two attached hydrogens (primary N) is 1. The highest BCUT2D eigenvalue weighted by molar-refractivity contribution is 6.34. The van der Waals surface area contributed by atoms with Gasteiger partial charge in [0.2, 0.25) is 0 Å². The minimum absolute atomic E-state index is 0.146. The summed E-state index contributed by atoms with van der Waals surface area (Å²) in [5.74, 6) is 7.95. The van der Waals surface area contributed by atoms with Crippen molar-refractivity contribution in [1.82, 2.24) is 15.6 Å². The van der Waals surface area contributed by atoms with Crippen molar-refractivity contribution in [3.05, 3.63) is 136 Å². The number of hydrogen-bond acceptors (Lipinski definition) is 5. The molecule has 3 aromatic rings. The molecule has 1 heterocycles. The Balaban J connectivity index is 1.17. The first-order valence-electron chi connectivity index (χ1n) is 15.0. The molecule has 5 rings (SSSR count). The van der Waals surface area contributed by atoms with Crippen LogP contribution in [0.15, 0.2) is 108 Å². The molecule has 0 saturated heterocycles. The summed E-state index contributed by atoms with van der Waals surface area (Å²) in [7, 11) is 0. The number of halogens is 1. The minimum atomic E-state index is -0.146. The zero-order valence-electron chi connectivity index (χ0n) is 24.6. The molecule has 5 nitrogen and oxygen atoms in total. The highest BCUT2D eigenvalue weighted by atomic mass is 35.5. The topological polar surface area (TPSA) is 65.7 Å². The van der Waals surface area contributed by atoms with Gasteiger partial charge in [0.15, 0.2) is 0 Å². The van der Waals surface area contributed by atoms with Crippen molar-refractivity contribution in [2.45, 2.75) is 70.6 Å². The summed E-state index contributed by atoms with van der Waals surface area (Å²) < 4.78 is 0. The smallest absolute Gasteiger partial charge is 0.147 e. The molecule has 0 bridgehead atoms. The Hall–Kier alpha value is -3.64. The van der Waals surface area contributed by atoms with Crippen LogP contribution in [0.4, 0.5) is 0 Å². The predicted octanol–water partition coefficient (Wildman–Crippen LogP) is 8.05.